The lowest BCUT2D eigenvalue weighted by atomic mass is 10.1. The van der Waals surface area contributed by atoms with Crippen LogP contribution in [0, 0.1) is 12.7 Å². The average Bonchev–Trinajstić information content (AvgIpc) is 3.27. The highest BCUT2D eigenvalue weighted by Gasteiger charge is 2.15. The Bertz CT molecular complexity index is 1140. The largest absolute Gasteiger partial charge is 0.265 e. The molecule has 0 radical (unpaired) electrons. The monoisotopic (exact) mass is 344 g/mol. The summed E-state index contributed by atoms with van der Waals surface area (Å²) in [5.41, 5.74) is 4.21. The van der Waals surface area contributed by atoms with Crippen molar-refractivity contribution in [2.75, 3.05) is 0 Å². The van der Waals surface area contributed by atoms with E-state index in [0.717, 1.165) is 22.5 Å². The number of benzene rings is 2. The fourth-order valence-corrected chi connectivity index (χ4v) is 2.99. The second-order valence-corrected chi connectivity index (χ2v) is 6.10. The number of halogens is 1. The Morgan fingerprint density at radius 2 is 1.65 bits per heavy atom. The van der Waals surface area contributed by atoms with Crippen LogP contribution < -0.4 is 0 Å². The fraction of sp³-hybridized carbons (Fsp3) is 0.0526. The molecule has 0 saturated heterocycles. The number of fused-ring (bicyclic) bond motifs is 3. The molecule has 0 atom stereocenters. The van der Waals surface area contributed by atoms with Crippen LogP contribution in [0.5, 0.6) is 0 Å². The predicted molar refractivity (Wildman–Crippen MR) is 95.5 cm³/mol. The van der Waals surface area contributed by atoms with Gasteiger partial charge in [-0.1, -0.05) is 29.8 Å². The molecule has 0 aliphatic heterocycles. The Balaban J connectivity index is 1.70. The molecule has 0 spiro atoms. The summed E-state index contributed by atoms with van der Waals surface area (Å²) in [4.78, 5) is 4.53. The first-order valence-corrected chi connectivity index (χ1v) is 8.11. The van der Waals surface area contributed by atoms with Gasteiger partial charge in [0.2, 0.25) is 0 Å². The molecule has 0 fully saturated rings. The van der Waals surface area contributed by atoms with Crippen molar-refractivity contribution in [3.63, 3.8) is 0 Å². The van der Waals surface area contributed by atoms with E-state index in [9.17, 15) is 4.39 Å². The summed E-state index contributed by atoms with van der Waals surface area (Å²) in [7, 11) is 0. The smallest absolute Gasteiger partial charge is 0.175 e. The quantitative estimate of drug-likeness (QED) is 0.491. The number of aromatic nitrogens is 6. The number of aryl methyl sites for hydroxylation is 1. The average molecular weight is 344 g/mol. The van der Waals surface area contributed by atoms with Gasteiger partial charge < -0.3 is 0 Å². The van der Waals surface area contributed by atoms with Crippen molar-refractivity contribution in [2.45, 2.75) is 6.92 Å². The molecule has 2 aromatic carbocycles. The van der Waals surface area contributed by atoms with Gasteiger partial charge in [0, 0.05) is 5.56 Å². The zero-order valence-corrected chi connectivity index (χ0v) is 13.8. The van der Waals surface area contributed by atoms with Crippen molar-refractivity contribution < 1.29 is 4.39 Å². The first-order chi connectivity index (χ1) is 12.7. The summed E-state index contributed by atoms with van der Waals surface area (Å²) >= 11 is 0. The maximum Gasteiger partial charge on any atom is 0.175 e. The standard InChI is InChI=1S/C19H13FN6/c1-12-2-4-13(5-3-12)17-23-24-19-16-10-22-26(18(16)21-11-25(17)19)15-8-6-14(20)7-9-15/h2-11H,1H3. The Hall–Kier alpha value is -3.61. The number of rotatable bonds is 2. The predicted octanol–water partition coefficient (Wildman–Crippen LogP) is 3.58. The van der Waals surface area contributed by atoms with Crippen LogP contribution in [0.2, 0.25) is 0 Å². The topological polar surface area (TPSA) is 60.9 Å². The van der Waals surface area contributed by atoms with Gasteiger partial charge in [-0.05, 0) is 31.2 Å². The van der Waals surface area contributed by atoms with E-state index in [-0.39, 0.29) is 5.82 Å². The molecule has 0 N–H and O–H groups in total. The van der Waals surface area contributed by atoms with Crippen molar-refractivity contribution in [3.8, 4) is 17.1 Å². The molecule has 0 amide bonds. The van der Waals surface area contributed by atoms with E-state index in [1.165, 1.54) is 17.7 Å². The Morgan fingerprint density at radius 3 is 2.42 bits per heavy atom. The summed E-state index contributed by atoms with van der Waals surface area (Å²) in [6.07, 6.45) is 3.39. The van der Waals surface area contributed by atoms with Gasteiger partial charge in [-0.15, -0.1) is 10.2 Å². The number of hydrogen-bond donors (Lipinski definition) is 0. The van der Waals surface area contributed by atoms with Gasteiger partial charge in [-0.3, -0.25) is 4.40 Å². The zero-order valence-electron chi connectivity index (χ0n) is 13.8. The van der Waals surface area contributed by atoms with E-state index in [2.05, 4.69) is 20.3 Å². The molecule has 26 heavy (non-hydrogen) atoms. The van der Waals surface area contributed by atoms with Gasteiger partial charge >= 0.3 is 0 Å². The molecule has 0 bridgehead atoms. The lowest BCUT2D eigenvalue weighted by Gasteiger charge is -2.04. The molecule has 3 heterocycles. The molecule has 0 unspecified atom stereocenters. The lowest BCUT2D eigenvalue weighted by molar-refractivity contribution is 0.627. The molecule has 6 nitrogen and oxygen atoms in total. The van der Waals surface area contributed by atoms with Gasteiger partial charge in [-0.25, -0.2) is 14.1 Å². The highest BCUT2D eigenvalue weighted by molar-refractivity contribution is 5.90. The fourth-order valence-electron chi connectivity index (χ4n) is 2.99. The van der Waals surface area contributed by atoms with Gasteiger partial charge in [-0.2, -0.15) is 5.10 Å². The second-order valence-electron chi connectivity index (χ2n) is 6.10. The first-order valence-electron chi connectivity index (χ1n) is 8.11. The molecule has 0 saturated carbocycles. The van der Waals surface area contributed by atoms with Gasteiger partial charge in [0.05, 0.1) is 17.3 Å². The van der Waals surface area contributed by atoms with E-state index < -0.39 is 0 Å². The van der Waals surface area contributed by atoms with Crippen molar-refractivity contribution in [3.05, 3.63) is 72.4 Å². The molecule has 7 heteroatoms. The maximum absolute atomic E-state index is 13.2. The SMILES string of the molecule is Cc1ccc(-c2nnc3c4cnn(-c5ccc(F)cc5)c4ncn23)cc1. The van der Waals surface area contributed by atoms with Crippen LogP contribution in [-0.2, 0) is 0 Å². The van der Waals surface area contributed by atoms with Crippen LogP contribution in [-0.4, -0.2) is 29.4 Å². The van der Waals surface area contributed by atoms with Crippen LogP contribution in [0.4, 0.5) is 4.39 Å². The van der Waals surface area contributed by atoms with E-state index >= 15 is 0 Å². The van der Waals surface area contributed by atoms with Gasteiger partial charge in [0.15, 0.2) is 17.1 Å². The van der Waals surface area contributed by atoms with Crippen molar-refractivity contribution in [2.24, 2.45) is 0 Å². The minimum atomic E-state index is -0.291. The summed E-state index contributed by atoms with van der Waals surface area (Å²) in [6, 6.07) is 14.2. The summed E-state index contributed by atoms with van der Waals surface area (Å²) in [5.74, 6) is 0.435. The minimum absolute atomic E-state index is 0.291. The van der Waals surface area contributed by atoms with Crippen LogP contribution in [0.15, 0.2) is 61.1 Å². The highest BCUT2D eigenvalue weighted by atomic mass is 19.1. The van der Waals surface area contributed by atoms with E-state index in [1.54, 1.807) is 29.3 Å². The maximum atomic E-state index is 13.2. The van der Waals surface area contributed by atoms with Crippen molar-refractivity contribution in [1.29, 1.82) is 0 Å². The van der Waals surface area contributed by atoms with Crippen LogP contribution in [0.3, 0.4) is 0 Å². The molecular weight excluding hydrogens is 331 g/mol. The van der Waals surface area contributed by atoms with Gasteiger partial charge in [0.1, 0.15) is 12.1 Å². The third-order valence-electron chi connectivity index (χ3n) is 4.36. The van der Waals surface area contributed by atoms with Gasteiger partial charge in [0.25, 0.3) is 0 Å². The summed E-state index contributed by atoms with van der Waals surface area (Å²) in [5, 5.41) is 13.8. The van der Waals surface area contributed by atoms with Crippen LogP contribution >= 0.6 is 0 Å². The first kappa shape index (κ1) is 14.7. The Morgan fingerprint density at radius 1 is 0.885 bits per heavy atom. The molecule has 5 aromatic rings. The molecule has 3 aromatic heterocycles. The van der Waals surface area contributed by atoms with E-state index in [1.807, 2.05) is 35.6 Å². The van der Waals surface area contributed by atoms with Crippen LogP contribution in [0.25, 0.3) is 33.8 Å². The number of hydrogen-bond acceptors (Lipinski definition) is 4. The zero-order chi connectivity index (χ0) is 17.7. The number of nitrogens with zero attached hydrogens (tertiary/aromatic N) is 6. The third kappa shape index (κ3) is 2.17. The van der Waals surface area contributed by atoms with Crippen molar-refractivity contribution >= 4 is 16.7 Å². The van der Waals surface area contributed by atoms with Crippen molar-refractivity contribution in [1.82, 2.24) is 29.4 Å². The van der Waals surface area contributed by atoms with E-state index in [0.29, 0.717) is 11.3 Å². The lowest BCUT2D eigenvalue weighted by Crippen LogP contribution is -1.99. The summed E-state index contributed by atoms with van der Waals surface area (Å²) < 4.78 is 16.7. The third-order valence-corrected chi connectivity index (χ3v) is 4.36. The molecular formula is C19H13FN6. The second kappa shape index (κ2) is 5.45. The van der Waals surface area contributed by atoms with Crippen LogP contribution in [0.1, 0.15) is 5.56 Å². The summed E-state index contributed by atoms with van der Waals surface area (Å²) in [6.45, 7) is 2.04. The normalized spacial score (nSPS) is 11.5. The molecule has 0 aliphatic carbocycles. The highest BCUT2D eigenvalue weighted by Crippen LogP contribution is 2.24. The molecule has 0 aliphatic rings. The molecule has 5 rings (SSSR count). The van der Waals surface area contributed by atoms with E-state index in [4.69, 9.17) is 0 Å². The Labute approximate surface area is 147 Å². The molecule has 126 valence electrons. The Kier molecular flexibility index (Phi) is 3.08. The minimum Gasteiger partial charge on any atom is -0.265 e.